The van der Waals surface area contributed by atoms with Crippen LogP contribution in [0.15, 0.2) is 6.33 Å². The molecule has 0 atom stereocenters. The SMILES string of the molecule is Cc1ncn(O)c1C(N)=O. The number of primary amides is 1. The summed E-state index contributed by atoms with van der Waals surface area (Å²) in [6.07, 6.45) is 1.12. The molecule has 5 heteroatoms. The molecule has 1 amide bonds. The maximum Gasteiger partial charge on any atom is 0.270 e. The second kappa shape index (κ2) is 2.02. The van der Waals surface area contributed by atoms with Gasteiger partial charge in [-0.25, -0.2) is 4.98 Å². The molecule has 5 nitrogen and oxygen atoms in total. The van der Waals surface area contributed by atoms with Gasteiger partial charge >= 0.3 is 0 Å². The van der Waals surface area contributed by atoms with E-state index in [-0.39, 0.29) is 5.69 Å². The van der Waals surface area contributed by atoms with Crippen molar-refractivity contribution < 1.29 is 10.0 Å². The fourth-order valence-corrected chi connectivity index (χ4v) is 0.717. The highest BCUT2D eigenvalue weighted by molar-refractivity contribution is 5.91. The minimum absolute atomic E-state index is 0.0278. The summed E-state index contributed by atoms with van der Waals surface area (Å²) in [6.45, 7) is 1.59. The van der Waals surface area contributed by atoms with Crippen molar-refractivity contribution in [2.45, 2.75) is 6.92 Å². The van der Waals surface area contributed by atoms with E-state index in [9.17, 15) is 4.79 Å². The Kier molecular flexibility index (Phi) is 1.33. The van der Waals surface area contributed by atoms with E-state index in [2.05, 4.69) is 4.98 Å². The van der Waals surface area contributed by atoms with E-state index in [1.165, 1.54) is 0 Å². The van der Waals surface area contributed by atoms with Gasteiger partial charge < -0.3 is 10.9 Å². The molecule has 0 aliphatic heterocycles. The van der Waals surface area contributed by atoms with E-state index < -0.39 is 5.91 Å². The van der Waals surface area contributed by atoms with Crippen LogP contribution in [0.5, 0.6) is 0 Å². The molecular weight excluding hydrogens is 134 g/mol. The average Bonchev–Trinajstić information content (AvgIpc) is 2.11. The van der Waals surface area contributed by atoms with Crippen LogP contribution in [0.2, 0.25) is 0 Å². The number of aromatic nitrogens is 2. The molecule has 0 radical (unpaired) electrons. The van der Waals surface area contributed by atoms with Crippen LogP contribution in [0.4, 0.5) is 0 Å². The summed E-state index contributed by atoms with van der Waals surface area (Å²) in [7, 11) is 0. The first kappa shape index (κ1) is 6.60. The Morgan fingerprint density at radius 3 is 2.70 bits per heavy atom. The molecule has 1 aromatic rings. The number of carbonyl (C=O) groups excluding carboxylic acids is 1. The van der Waals surface area contributed by atoms with Crippen LogP contribution >= 0.6 is 0 Å². The summed E-state index contributed by atoms with van der Waals surface area (Å²) in [6, 6.07) is 0. The van der Waals surface area contributed by atoms with E-state index in [4.69, 9.17) is 10.9 Å². The summed E-state index contributed by atoms with van der Waals surface area (Å²) in [5, 5.41) is 8.86. The molecule has 54 valence electrons. The van der Waals surface area contributed by atoms with Gasteiger partial charge in [-0.05, 0) is 6.92 Å². The lowest BCUT2D eigenvalue weighted by molar-refractivity contribution is 0.0949. The van der Waals surface area contributed by atoms with E-state index >= 15 is 0 Å². The lowest BCUT2D eigenvalue weighted by atomic mass is 10.3. The molecule has 10 heavy (non-hydrogen) atoms. The molecule has 0 aliphatic rings. The molecule has 0 saturated carbocycles. The van der Waals surface area contributed by atoms with Gasteiger partial charge in [-0.1, -0.05) is 0 Å². The highest BCUT2D eigenvalue weighted by Gasteiger charge is 2.11. The van der Waals surface area contributed by atoms with Crippen molar-refractivity contribution in [3.8, 4) is 0 Å². The maximum atomic E-state index is 10.5. The minimum atomic E-state index is -0.683. The lowest BCUT2D eigenvalue weighted by Gasteiger charge is -1.93. The monoisotopic (exact) mass is 141 g/mol. The first-order valence-corrected chi connectivity index (χ1v) is 2.66. The summed E-state index contributed by atoms with van der Waals surface area (Å²) in [5.41, 5.74) is 5.35. The second-order valence-corrected chi connectivity index (χ2v) is 1.89. The molecule has 0 bridgehead atoms. The smallest absolute Gasteiger partial charge is 0.270 e. The first-order valence-electron chi connectivity index (χ1n) is 2.66. The van der Waals surface area contributed by atoms with Gasteiger partial charge in [0.2, 0.25) is 0 Å². The third-order valence-corrected chi connectivity index (χ3v) is 1.17. The number of carbonyl (C=O) groups is 1. The van der Waals surface area contributed by atoms with Crippen molar-refractivity contribution >= 4 is 5.91 Å². The van der Waals surface area contributed by atoms with Crippen LogP contribution in [0.1, 0.15) is 16.2 Å². The van der Waals surface area contributed by atoms with Crippen molar-refractivity contribution in [3.63, 3.8) is 0 Å². The highest BCUT2D eigenvalue weighted by Crippen LogP contribution is 2.01. The van der Waals surface area contributed by atoms with Crippen LogP contribution in [0.3, 0.4) is 0 Å². The molecule has 0 unspecified atom stereocenters. The Morgan fingerprint density at radius 2 is 2.50 bits per heavy atom. The zero-order valence-corrected chi connectivity index (χ0v) is 5.40. The normalized spacial score (nSPS) is 9.70. The molecule has 3 N–H and O–H groups in total. The fraction of sp³-hybridized carbons (Fsp3) is 0.200. The summed E-state index contributed by atoms with van der Waals surface area (Å²) in [5.74, 6) is -0.683. The van der Waals surface area contributed by atoms with Gasteiger partial charge in [0.25, 0.3) is 5.91 Å². The molecular formula is C5H7N3O2. The minimum Gasteiger partial charge on any atom is -0.427 e. The van der Waals surface area contributed by atoms with E-state index in [1.807, 2.05) is 0 Å². The van der Waals surface area contributed by atoms with Crippen LogP contribution < -0.4 is 5.73 Å². The van der Waals surface area contributed by atoms with Gasteiger partial charge in [0.15, 0.2) is 5.69 Å². The lowest BCUT2D eigenvalue weighted by Crippen LogP contribution is -2.16. The van der Waals surface area contributed by atoms with Crippen molar-refractivity contribution in [1.82, 2.24) is 9.71 Å². The van der Waals surface area contributed by atoms with Crippen molar-refractivity contribution in [1.29, 1.82) is 0 Å². The molecule has 1 heterocycles. The van der Waals surface area contributed by atoms with Crippen LogP contribution in [-0.4, -0.2) is 20.8 Å². The van der Waals surface area contributed by atoms with Gasteiger partial charge in [-0.2, -0.15) is 4.73 Å². The maximum absolute atomic E-state index is 10.5. The summed E-state index contributed by atoms with van der Waals surface area (Å²) >= 11 is 0. The number of aryl methyl sites for hydroxylation is 1. The fourth-order valence-electron chi connectivity index (χ4n) is 0.717. The molecule has 0 saturated heterocycles. The topological polar surface area (TPSA) is 81.1 Å². The van der Waals surface area contributed by atoms with Crippen molar-refractivity contribution in [2.75, 3.05) is 0 Å². The van der Waals surface area contributed by atoms with Crippen molar-refractivity contribution in [2.24, 2.45) is 5.73 Å². The Balaban J connectivity index is 3.23. The Morgan fingerprint density at radius 1 is 1.90 bits per heavy atom. The molecule has 1 rings (SSSR count). The average molecular weight is 141 g/mol. The van der Waals surface area contributed by atoms with Gasteiger partial charge in [-0.3, -0.25) is 4.79 Å². The third kappa shape index (κ3) is 0.812. The number of rotatable bonds is 1. The quantitative estimate of drug-likeness (QED) is 0.518. The number of nitrogens with two attached hydrogens (primary N) is 1. The second-order valence-electron chi connectivity index (χ2n) is 1.89. The third-order valence-electron chi connectivity index (χ3n) is 1.17. The number of imidazole rings is 1. The first-order chi connectivity index (χ1) is 4.63. The Bertz CT molecular complexity index is 246. The molecule has 1 aromatic heterocycles. The molecule has 0 aromatic carbocycles. The van der Waals surface area contributed by atoms with E-state index in [0.717, 1.165) is 6.33 Å². The van der Waals surface area contributed by atoms with Crippen LogP contribution in [0.25, 0.3) is 0 Å². The molecule has 0 fully saturated rings. The summed E-state index contributed by atoms with van der Waals surface area (Å²) in [4.78, 5) is 14.2. The number of hydrogen-bond acceptors (Lipinski definition) is 3. The summed E-state index contributed by atoms with van der Waals surface area (Å²) < 4.78 is 0.609. The number of amides is 1. The van der Waals surface area contributed by atoms with Gasteiger partial charge in [0.1, 0.15) is 6.33 Å². The standard InChI is InChI=1S/C5H7N3O2/c1-3-4(5(6)9)8(10)2-7-3/h2,10H,1H3,(H2,6,9). The number of nitrogens with zero attached hydrogens (tertiary/aromatic N) is 2. The van der Waals surface area contributed by atoms with E-state index in [0.29, 0.717) is 10.4 Å². The largest absolute Gasteiger partial charge is 0.427 e. The molecule has 0 spiro atoms. The Hall–Kier alpha value is -1.52. The van der Waals surface area contributed by atoms with Crippen molar-refractivity contribution in [3.05, 3.63) is 17.7 Å². The zero-order valence-electron chi connectivity index (χ0n) is 5.40. The van der Waals surface area contributed by atoms with Gasteiger partial charge in [0, 0.05) is 0 Å². The number of hydrogen-bond donors (Lipinski definition) is 2. The van der Waals surface area contributed by atoms with Crippen LogP contribution in [-0.2, 0) is 0 Å². The van der Waals surface area contributed by atoms with E-state index in [1.54, 1.807) is 6.92 Å². The zero-order chi connectivity index (χ0) is 7.72. The predicted octanol–water partition coefficient (Wildman–Crippen LogP) is -0.472. The Labute approximate surface area is 57.0 Å². The van der Waals surface area contributed by atoms with Gasteiger partial charge in [-0.15, -0.1) is 0 Å². The predicted molar refractivity (Wildman–Crippen MR) is 32.7 cm³/mol. The van der Waals surface area contributed by atoms with Gasteiger partial charge in [0.05, 0.1) is 5.69 Å². The highest BCUT2D eigenvalue weighted by atomic mass is 16.5. The van der Waals surface area contributed by atoms with Crippen LogP contribution in [0, 0.1) is 6.92 Å². The molecule has 0 aliphatic carbocycles.